The molecule has 0 saturated heterocycles. The summed E-state index contributed by atoms with van der Waals surface area (Å²) in [4.78, 5) is 55.2. The van der Waals surface area contributed by atoms with Crippen molar-refractivity contribution in [2.75, 3.05) is 13.1 Å². The lowest BCUT2D eigenvalue weighted by Gasteiger charge is -2.34. The van der Waals surface area contributed by atoms with E-state index in [0.717, 1.165) is 23.1 Å². The van der Waals surface area contributed by atoms with Crippen LogP contribution < -0.4 is 10.6 Å². The Morgan fingerprint density at radius 3 is 2.09 bits per heavy atom. The second-order valence-electron chi connectivity index (χ2n) is 12.8. The molecule has 0 aliphatic carbocycles. The third-order valence-electron chi connectivity index (χ3n) is 6.44. The summed E-state index contributed by atoms with van der Waals surface area (Å²) in [6, 6.07) is 13.0. The number of unbranched alkanes of at least 4 members (excludes halogenated alkanes) is 1. The summed E-state index contributed by atoms with van der Waals surface area (Å²) in [7, 11) is 0. The van der Waals surface area contributed by atoms with E-state index in [-0.39, 0.29) is 19.5 Å². The number of rotatable bonds is 12. The first-order valence-electron chi connectivity index (χ1n) is 14.9. The zero-order valence-electron chi connectivity index (χ0n) is 27.2. The Labute approximate surface area is 256 Å². The van der Waals surface area contributed by atoms with Crippen LogP contribution in [0.3, 0.4) is 0 Å². The summed E-state index contributed by atoms with van der Waals surface area (Å²) < 4.78 is 11.0. The maximum atomic E-state index is 14.3. The quantitative estimate of drug-likeness (QED) is 0.310. The highest BCUT2D eigenvalue weighted by Crippen LogP contribution is 2.27. The van der Waals surface area contributed by atoms with Gasteiger partial charge >= 0.3 is 12.1 Å². The van der Waals surface area contributed by atoms with Crippen molar-refractivity contribution in [3.05, 3.63) is 70.8 Å². The van der Waals surface area contributed by atoms with Crippen LogP contribution in [0.4, 0.5) is 4.79 Å². The molecular formula is C34H49N3O6. The van der Waals surface area contributed by atoms with Gasteiger partial charge in [0.2, 0.25) is 11.8 Å². The molecule has 2 aromatic carbocycles. The van der Waals surface area contributed by atoms with Gasteiger partial charge in [0.25, 0.3) is 0 Å². The number of benzene rings is 2. The van der Waals surface area contributed by atoms with Gasteiger partial charge in [-0.1, -0.05) is 67.4 Å². The molecule has 2 unspecified atom stereocenters. The van der Waals surface area contributed by atoms with E-state index in [9.17, 15) is 19.2 Å². The molecule has 9 heteroatoms. The van der Waals surface area contributed by atoms with Crippen molar-refractivity contribution in [1.82, 2.24) is 15.5 Å². The van der Waals surface area contributed by atoms with Crippen LogP contribution in [0.25, 0.3) is 0 Å². The van der Waals surface area contributed by atoms with Gasteiger partial charge in [0.1, 0.15) is 29.8 Å². The molecule has 2 rings (SSSR count). The number of esters is 1. The molecule has 9 nitrogen and oxygen atoms in total. The minimum atomic E-state index is -1.06. The summed E-state index contributed by atoms with van der Waals surface area (Å²) in [5.74, 6) is -1.53. The highest BCUT2D eigenvalue weighted by Gasteiger charge is 2.36. The number of nitrogens with zero attached hydrogens (tertiary/aromatic N) is 1. The monoisotopic (exact) mass is 595 g/mol. The zero-order valence-corrected chi connectivity index (χ0v) is 27.2. The molecule has 0 radical (unpaired) electrons. The van der Waals surface area contributed by atoms with Crippen LogP contribution in [-0.2, 0) is 30.3 Å². The van der Waals surface area contributed by atoms with Gasteiger partial charge in [0.05, 0.1) is 0 Å². The molecule has 0 fully saturated rings. The first-order chi connectivity index (χ1) is 20.0. The second-order valence-corrected chi connectivity index (χ2v) is 12.8. The SMILES string of the molecule is CCCCN(C(=O)CNC(=O)OC(C)(C)C)C(C(=O)NC(Cc1ccccc1)C(=O)OC(C)(C)C)c1cc(C)ccc1C. The molecule has 0 aliphatic heterocycles. The number of alkyl carbamates (subject to hydrolysis) is 1. The van der Waals surface area contributed by atoms with Gasteiger partial charge < -0.3 is 25.0 Å². The van der Waals surface area contributed by atoms with Gasteiger partial charge in [-0.15, -0.1) is 0 Å². The molecule has 0 aliphatic rings. The minimum Gasteiger partial charge on any atom is -0.458 e. The van der Waals surface area contributed by atoms with E-state index in [1.54, 1.807) is 41.5 Å². The molecule has 3 amide bonds. The molecule has 2 atom stereocenters. The standard InChI is InChI=1S/C34H49N3O6/c1-10-11-19-37(28(38)22-35-32(41)43-34(7,8)9)29(26-20-23(2)17-18-24(26)3)30(39)36-27(31(40)42-33(4,5)6)21-25-15-13-12-14-16-25/h12-18,20,27,29H,10-11,19,21-22H2,1-9H3,(H,35,41)(H,36,39). The maximum Gasteiger partial charge on any atom is 0.408 e. The lowest BCUT2D eigenvalue weighted by atomic mass is 9.95. The molecule has 236 valence electrons. The van der Waals surface area contributed by atoms with E-state index in [0.29, 0.717) is 12.0 Å². The van der Waals surface area contributed by atoms with Gasteiger partial charge in [-0.25, -0.2) is 9.59 Å². The molecule has 2 N–H and O–H groups in total. The number of hydrogen-bond donors (Lipinski definition) is 2. The number of carbonyl (C=O) groups is 4. The minimum absolute atomic E-state index is 0.212. The van der Waals surface area contributed by atoms with Gasteiger partial charge in [-0.2, -0.15) is 0 Å². The van der Waals surface area contributed by atoms with Crippen LogP contribution in [0, 0.1) is 13.8 Å². The van der Waals surface area contributed by atoms with Crippen molar-refractivity contribution in [2.45, 2.75) is 105 Å². The number of amides is 3. The van der Waals surface area contributed by atoms with Crippen molar-refractivity contribution >= 4 is 23.9 Å². The Balaban J connectivity index is 2.51. The fraction of sp³-hybridized carbons (Fsp3) is 0.529. The maximum absolute atomic E-state index is 14.3. The van der Waals surface area contributed by atoms with Crippen LogP contribution in [-0.4, -0.2) is 59.1 Å². The Morgan fingerprint density at radius 2 is 1.51 bits per heavy atom. The van der Waals surface area contributed by atoms with Crippen molar-refractivity contribution < 1.29 is 28.7 Å². The molecule has 0 bridgehead atoms. The van der Waals surface area contributed by atoms with E-state index < -0.39 is 47.2 Å². The largest absolute Gasteiger partial charge is 0.458 e. The van der Waals surface area contributed by atoms with Crippen LogP contribution in [0.5, 0.6) is 0 Å². The summed E-state index contributed by atoms with van der Waals surface area (Å²) in [5.41, 5.74) is 1.73. The molecule has 0 saturated carbocycles. The Bertz CT molecular complexity index is 1250. The van der Waals surface area contributed by atoms with Crippen LogP contribution >= 0.6 is 0 Å². The molecular weight excluding hydrogens is 546 g/mol. The lowest BCUT2D eigenvalue weighted by molar-refractivity contribution is -0.159. The predicted octanol–water partition coefficient (Wildman–Crippen LogP) is 5.57. The fourth-order valence-corrected chi connectivity index (χ4v) is 4.46. The van der Waals surface area contributed by atoms with Gasteiger partial charge in [-0.05, 0) is 78.5 Å². The first kappa shape index (κ1) is 35.3. The van der Waals surface area contributed by atoms with Crippen LogP contribution in [0.15, 0.2) is 48.5 Å². The number of carbonyl (C=O) groups excluding carboxylic acids is 4. The van der Waals surface area contributed by atoms with E-state index in [2.05, 4.69) is 10.6 Å². The molecule has 2 aromatic rings. The lowest BCUT2D eigenvalue weighted by Crippen LogP contribution is -2.52. The van der Waals surface area contributed by atoms with E-state index in [4.69, 9.17) is 9.47 Å². The average molecular weight is 596 g/mol. The fourth-order valence-electron chi connectivity index (χ4n) is 4.46. The Hall–Kier alpha value is -3.88. The topological polar surface area (TPSA) is 114 Å². The van der Waals surface area contributed by atoms with Crippen molar-refractivity contribution in [1.29, 1.82) is 0 Å². The van der Waals surface area contributed by atoms with Gasteiger partial charge in [0, 0.05) is 13.0 Å². The number of aryl methyl sites for hydroxylation is 2. The Kier molecular flexibility index (Phi) is 12.8. The van der Waals surface area contributed by atoms with E-state index in [1.165, 1.54) is 4.90 Å². The molecule has 0 spiro atoms. The molecule has 0 aromatic heterocycles. The highest BCUT2D eigenvalue weighted by molar-refractivity contribution is 5.93. The van der Waals surface area contributed by atoms with Gasteiger partial charge in [-0.3, -0.25) is 9.59 Å². The summed E-state index contributed by atoms with van der Waals surface area (Å²) in [6.45, 7) is 16.2. The second kappa shape index (κ2) is 15.5. The predicted molar refractivity (Wildman–Crippen MR) is 167 cm³/mol. The van der Waals surface area contributed by atoms with Gasteiger partial charge in [0.15, 0.2) is 0 Å². The highest BCUT2D eigenvalue weighted by atomic mass is 16.6. The number of nitrogens with one attached hydrogen (secondary N) is 2. The van der Waals surface area contributed by atoms with Crippen LogP contribution in [0.1, 0.15) is 89.6 Å². The summed E-state index contributed by atoms with van der Waals surface area (Å²) in [5, 5.41) is 5.45. The number of hydrogen-bond acceptors (Lipinski definition) is 6. The molecule has 0 heterocycles. The summed E-state index contributed by atoms with van der Waals surface area (Å²) >= 11 is 0. The van der Waals surface area contributed by atoms with Crippen LogP contribution in [0.2, 0.25) is 0 Å². The molecule has 43 heavy (non-hydrogen) atoms. The van der Waals surface area contributed by atoms with Crippen molar-refractivity contribution in [3.8, 4) is 0 Å². The van der Waals surface area contributed by atoms with E-state index >= 15 is 0 Å². The first-order valence-corrected chi connectivity index (χ1v) is 14.9. The Morgan fingerprint density at radius 1 is 0.884 bits per heavy atom. The number of ether oxygens (including phenoxy) is 2. The third-order valence-corrected chi connectivity index (χ3v) is 6.44. The summed E-state index contributed by atoms with van der Waals surface area (Å²) in [6.07, 6.45) is 0.895. The zero-order chi connectivity index (χ0) is 32.4. The normalized spacial score (nSPS) is 13.0. The third kappa shape index (κ3) is 12.1. The van der Waals surface area contributed by atoms with E-state index in [1.807, 2.05) is 69.3 Å². The van der Waals surface area contributed by atoms with Crippen molar-refractivity contribution in [2.24, 2.45) is 0 Å². The smallest absolute Gasteiger partial charge is 0.408 e. The average Bonchev–Trinajstić information content (AvgIpc) is 2.89. The van der Waals surface area contributed by atoms with Crippen molar-refractivity contribution in [3.63, 3.8) is 0 Å².